The molecule has 0 radical (unpaired) electrons. The van der Waals surface area contributed by atoms with Gasteiger partial charge in [-0.25, -0.2) is 0 Å². The second-order valence-corrected chi connectivity index (χ2v) is 2.65. The number of amides is 1. The number of hydrogen-bond donors (Lipinski definition) is 1. The first-order valence-corrected chi connectivity index (χ1v) is 4.02. The summed E-state index contributed by atoms with van der Waals surface area (Å²) in [6, 6.07) is 0. The minimum Gasteiger partial charge on any atom is -0.351 e. The fourth-order valence-corrected chi connectivity index (χ4v) is 1.02. The highest BCUT2D eigenvalue weighted by Crippen LogP contribution is 2.15. The van der Waals surface area contributed by atoms with Crippen LogP contribution < -0.4 is 5.32 Å². The Balaban J connectivity index is 3.06. The molecule has 0 aliphatic heterocycles. The van der Waals surface area contributed by atoms with Crippen molar-refractivity contribution < 1.29 is 9.72 Å². The molecule has 0 unspecified atom stereocenters. The van der Waals surface area contributed by atoms with Crippen molar-refractivity contribution in [2.45, 2.75) is 6.92 Å². The van der Waals surface area contributed by atoms with E-state index in [-0.39, 0.29) is 11.4 Å². The van der Waals surface area contributed by atoms with E-state index in [4.69, 9.17) is 0 Å². The summed E-state index contributed by atoms with van der Waals surface area (Å²) in [6.45, 7) is 2.14. The van der Waals surface area contributed by atoms with Gasteiger partial charge in [-0.2, -0.15) is 5.10 Å². The van der Waals surface area contributed by atoms with Crippen molar-refractivity contribution in [1.82, 2.24) is 15.1 Å². The van der Waals surface area contributed by atoms with Crippen molar-refractivity contribution in [3.63, 3.8) is 0 Å². The van der Waals surface area contributed by atoms with Gasteiger partial charge < -0.3 is 5.32 Å². The van der Waals surface area contributed by atoms with Gasteiger partial charge in [0.05, 0.1) is 4.92 Å². The molecule has 14 heavy (non-hydrogen) atoms. The van der Waals surface area contributed by atoms with E-state index in [9.17, 15) is 14.9 Å². The Morgan fingerprint density at radius 2 is 2.43 bits per heavy atom. The summed E-state index contributed by atoms with van der Waals surface area (Å²) in [7, 11) is 1.52. The third-order valence-electron chi connectivity index (χ3n) is 1.56. The Bertz CT molecular complexity index is 371. The average Bonchev–Trinajstić information content (AvgIpc) is 2.48. The topological polar surface area (TPSA) is 90.1 Å². The highest BCUT2D eigenvalue weighted by molar-refractivity contribution is 5.95. The largest absolute Gasteiger partial charge is 0.351 e. The number of nitrogens with one attached hydrogen (secondary N) is 1. The van der Waals surface area contributed by atoms with E-state index in [1.165, 1.54) is 17.9 Å². The van der Waals surface area contributed by atoms with Crippen LogP contribution in [0.1, 0.15) is 17.4 Å². The molecule has 0 saturated carbocycles. The van der Waals surface area contributed by atoms with Crippen LogP contribution in [0.15, 0.2) is 6.20 Å². The summed E-state index contributed by atoms with van der Waals surface area (Å²) in [5, 5.41) is 16.7. The second-order valence-electron chi connectivity index (χ2n) is 2.65. The minimum absolute atomic E-state index is 0.153. The van der Waals surface area contributed by atoms with Crippen molar-refractivity contribution in [2.24, 2.45) is 7.05 Å². The van der Waals surface area contributed by atoms with E-state index in [2.05, 4.69) is 10.4 Å². The molecule has 1 aromatic heterocycles. The van der Waals surface area contributed by atoms with Gasteiger partial charge >= 0.3 is 5.69 Å². The standard InChI is InChI=1S/C7H10N4O3/c1-3-8-7(12)6-5(11(13)14)4-10(2)9-6/h4H,3H2,1-2H3,(H,8,12). The maximum Gasteiger partial charge on any atom is 0.320 e. The number of hydrogen-bond acceptors (Lipinski definition) is 4. The lowest BCUT2D eigenvalue weighted by molar-refractivity contribution is -0.385. The molecular formula is C7H10N4O3. The molecule has 0 saturated heterocycles. The average molecular weight is 198 g/mol. The van der Waals surface area contributed by atoms with Crippen molar-refractivity contribution >= 4 is 11.6 Å². The highest BCUT2D eigenvalue weighted by Gasteiger charge is 2.23. The molecule has 0 spiro atoms. The van der Waals surface area contributed by atoms with Crippen molar-refractivity contribution in [3.05, 3.63) is 22.0 Å². The fraction of sp³-hybridized carbons (Fsp3) is 0.429. The van der Waals surface area contributed by atoms with Crippen LogP contribution in [-0.2, 0) is 7.05 Å². The smallest absolute Gasteiger partial charge is 0.320 e. The second kappa shape index (κ2) is 3.86. The first-order chi connectivity index (χ1) is 6.56. The molecule has 0 aliphatic carbocycles. The minimum atomic E-state index is -0.627. The van der Waals surface area contributed by atoms with Crippen LogP contribution >= 0.6 is 0 Å². The van der Waals surface area contributed by atoms with E-state index in [1.807, 2.05) is 0 Å². The van der Waals surface area contributed by atoms with E-state index >= 15 is 0 Å². The quantitative estimate of drug-likeness (QED) is 0.550. The van der Waals surface area contributed by atoms with Crippen molar-refractivity contribution in [1.29, 1.82) is 0 Å². The number of carbonyl (C=O) groups excluding carboxylic acids is 1. The van der Waals surface area contributed by atoms with Crippen LogP contribution in [0.3, 0.4) is 0 Å². The van der Waals surface area contributed by atoms with Crippen LogP contribution in [0.2, 0.25) is 0 Å². The molecule has 7 nitrogen and oxygen atoms in total. The summed E-state index contributed by atoms with van der Waals surface area (Å²) >= 11 is 0. The molecule has 1 heterocycles. The Kier molecular flexibility index (Phi) is 2.80. The van der Waals surface area contributed by atoms with Gasteiger partial charge in [-0.05, 0) is 6.92 Å². The molecule has 1 aromatic rings. The van der Waals surface area contributed by atoms with Gasteiger partial charge in [-0.15, -0.1) is 0 Å². The monoisotopic (exact) mass is 198 g/mol. The molecule has 1 amide bonds. The Hall–Kier alpha value is -1.92. The molecule has 1 N–H and O–H groups in total. The van der Waals surface area contributed by atoms with Gasteiger partial charge in [0.1, 0.15) is 6.20 Å². The zero-order valence-electron chi connectivity index (χ0n) is 7.85. The number of aryl methyl sites for hydroxylation is 1. The van der Waals surface area contributed by atoms with Crippen molar-refractivity contribution in [3.8, 4) is 0 Å². The van der Waals surface area contributed by atoms with Crippen LogP contribution in [0.25, 0.3) is 0 Å². The maximum absolute atomic E-state index is 11.3. The molecular weight excluding hydrogens is 188 g/mol. The number of rotatable bonds is 3. The molecule has 7 heteroatoms. The molecule has 0 aliphatic rings. The highest BCUT2D eigenvalue weighted by atomic mass is 16.6. The summed E-state index contributed by atoms with van der Waals surface area (Å²) in [5.41, 5.74) is -0.433. The Labute approximate surface area is 79.9 Å². The zero-order chi connectivity index (χ0) is 10.7. The van der Waals surface area contributed by atoms with Gasteiger partial charge in [0.15, 0.2) is 0 Å². The lowest BCUT2D eigenvalue weighted by atomic mass is 10.3. The third-order valence-corrected chi connectivity index (χ3v) is 1.56. The lowest BCUT2D eigenvalue weighted by Gasteiger charge is -1.96. The van der Waals surface area contributed by atoms with Gasteiger partial charge in [0.2, 0.25) is 5.69 Å². The SMILES string of the molecule is CCNC(=O)c1nn(C)cc1[N+](=O)[O-]. The summed E-state index contributed by atoms with van der Waals surface area (Å²) in [6.07, 6.45) is 1.20. The predicted molar refractivity (Wildman–Crippen MR) is 47.9 cm³/mol. The predicted octanol–water partition coefficient (Wildman–Crippen LogP) is 0.0780. The Morgan fingerprint density at radius 3 is 2.93 bits per heavy atom. The van der Waals surface area contributed by atoms with Gasteiger partial charge in [-0.3, -0.25) is 19.6 Å². The van der Waals surface area contributed by atoms with Gasteiger partial charge in [-0.1, -0.05) is 0 Å². The van der Waals surface area contributed by atoms with Crippen LogP contribution in [0, 0.1) is 10.1 Å². The maximum atomic E-state index is 11.3. The zero-order valence-corrected chi connectivity index (χ0v) is 7.85. The molecule has 76 valence electrons. The normalized spacial score (nSPS) is 9.86. The molecule has 1 rings (SSSR count). The third kappa shape index (κ3) is 1.87. The summed E-state index contributed by atoms with van der Waals surface area (Å²) in [5.74, 6) is -0.528. The molecule has 0 fully saturated rings. The number of nitrogens with zero attached hydrogens (tertiary/aromatic N) is 3. The number of aromatic nitrogens is 2. The van der Waals surface area contributed by atoms with Gasteiger partial charge in [0.25, 0.3) is 5.91 Å². The first kappa shape index (κ1) is 10.2. The molecule has 0 atom stereocenters. The van der Waals surface area contributed by atoms with Gasteiger partial charge in [0, 0.05) is 13.6 Å². The van der Waals surface area contributed by atoms with Crippen LogP contribution in [-0.4, -0.2) is 27.2 Å². The first-order valence-electron chi connectivity index (χ1n) is 4.02. The van der Waals surface area contributed by atoms with E-state index < -0.39 is 10.8 Å². The van der Waals surface area contributed by atoms with E-state index in [1.54, 1.807) is 6.92 Å². The summed E-state index contributed by atoms with van der Waals surface area (Å²) in [4.78, 5) is 21.2. The molecule has 0 bridgehead atoms. The van der Waals surface area contributed by atoms with Crippen molar-refractivity contribution in [2.75, 3.05) is 6.54 Å². The number of nitro groups is 1. The lowest BCUT2D eigenvalue weighted by Crippen LogP contribution is -2.24. The van der Waals surface area contributed by atoms with Crippen LogP contribution in [0.4, 0.5) is 5.69 Å². The van der Waals surface area contributed by atoms with E-state index in [0.717, 1.165) is 0 Å². The fourth-order valence-electron chi connectivity index (χ4n) is 1.02. The van der Waals surface area contributed by atoms with Crippen LogP contribution in [0.5, 0.6) is 0 Å². The summed E-state index contributed by atoms with van der Waals surface area (Å²) < 4.78 is 1.24. The molecule has 0 aromatic carbocycles. The van der Waals surface area contributed by atoms with E-state index in [0.29, 0.717) is 6.54 Å². The number of carbonyl (C=O) groups is 1. The Morgan fingerprint density at radius 1 is 1.79 bits per heavy atom.